The zero-order valence-corrected chi connectivity index (χ0v) is 13.8. The molecule has 1 rings (SSSR count). The second kappa shape index (κ2) is 8.28. The number of thioether (sulfide) groups is 2. The first kappa shape index (κ1) is 17.0. The van der Waals surface area contributed by atoms with Crippen LogP contribution in [0.25, 0.3) is 0 Å². The second-order valence-corrected chi connectivity index (χ2v) is 7.61. The van der Waals surface area contributed by atoms with E-state index in [2.05, 4.69) is 26.8 Å². The number of ether oxygens (including phenoxy) is 1. The number of hydrogen-bond acceptors (Lipinski definition) is 8. The van der Waals surface area contributed by atoms with Gasteiger partial charge in [0.2, 0.25) is 5.91 Å². The Morgan fingerprint density at radius 1 is 1.45 bits per heavy atom. The molecule has 0 unspecified atom stereocenters. The Labute approximate surface area is 129 Å². The van der Waals surface area contributed by atoms with Crippen molar-refractivity contribution in [3.05, 3.63) is 12.2 Å². The van der Waals surface area contributed by atoms with E-state index in [4.69, 9.17) is 0 Å². The van der Waals surface area contributed by atoms with Gasteiger partial charge in [0.1, 0.15) is 0 Å². The first-order valence-electron chi connectivity index (χ1n) is 5.58. The molecule has 1 aromatic rings. The van der Waals surface area contributed by atoms with E-state index in [-0.39, 0.29) is 0 Å². The maximum Gasteiger partial charge on any atom is 0.413 e. The second-order valence-electron chi connectivity index (χ2n) is 3.82. The zero-order valence-electron chi connectivity index (χ0n) is 11.3. The average molecular weight is 333 g/mol. The van der Waals surface area contributed by atoms with Gasteiger partial charge in [-0.05, 0) is 13.8 Å². The van der Waals surface area contributed by atoms with Crippen LogP contribution in [-0.4, -0.2) is 40.3 Å². The maximum absolute atomic E-state index is 11.6. The third-order valence-corrected chi connectivity index (χ3v) is 5.36. The summed E-state index contributed by atoms with van der Waals surface area (Å²) in [6.45, 7) is 7.45. The van der Waals surface area contributed by atoms with Crippen molar-refractivity contribution in [3.63, 3.8) is 0 Å². The molecule has 1 atom stereocenters. The van der Waals surface area contributed by atoms with Crippen LogP contribution in [0.15, 0.2) is 20.8 Å². The highest BCUT2D eigenvalue weighted by molar-refractivity contribution is 8.04. The van der Waals surface area contributed by atoms with Gasteiger partial charge in [-0.1, -0.05) is 47.0 Å². The van der Waals surface area contributed by atoms with Crippen LogP contribution in [-0.2, 0) is 9.53 Å². The number of carbonyl (C=O) groups excluding carboxylic acids is 2. The van der Waals surface area contributed by atoms with E-state index in [1.165, 1.54) is 30.2 Å². The van der Waals surface area contributed by atoms with Crippen LogP contribution < -0.4 is 5.32 Å². The lowest BCUT2D eigenvalue weighted by Gasteiger charge is -2.07. The molecule has 0 bridgehead atoms. The summed E-state index contributed by atoms with van der Waals surface area (Å²) in [7, 11) is 1.20. The van der Waals surface area contributed by atoms with Crippen molar-refractivity contribution in [1.82, 2.24) is 15.5 Å². The van der Waals surface area contributed by atoms with Crippen LogP contribution in [0.2, 0.25) is 0 Å². The summed E-state index contributed by atoms with van der Waals surface area (Å²) in [5, 5.41) is 9.68. The molecular formula is C11H15N3O3S3. The van der Waals surface area contributed by atoms with Gasteiger partial charge < -0.3 is 4.74 Å². The van der Waals surface area contributed by atoms with Crippen molar-refractivity contribution in [2.75, 3.05) is 12.9 Å². The lowest BCUT2D eigenvalue weighted by Crippen LogP contribution is -2.35. The molecule has 0 spiro atoms. The van der Waals surface area contributed by atoms with Crippen molar-refractivity contribution in [2.24, 2.45) is 0 Å². The molecule has 9 heteroatoms. The highest BCUT2D eigenvalue weighted by atomic mass is 32.2. The molecule has 0 saturated heterocycles. The third kappa shape index (κ3) is 5.93. The molecule has 1 N–H and O–H groups in total. The van der Waals surface area contributed by atoms with E-state index in [1.54, 1.807) is 18.7 Å². The van der Waals surface area contributed by atoms with Crippen molar-refractivity contribution < 1.29 is 14.3 Å². The molecule has 0 aromatic carbocycles. The number of aromatic nitrogens is 2. The fourth-order valence-corrected chi connectivity index (χ4v) is 3.95. The lowest BCUT2D eigenvalue weighted by molar-refractivity contribution is -0.119. The maximum atomic E-state index is 11.6. The third-order valence-electron chi connectivity index (χ3n) is 1.89. The highest BCUT2D eigenvalue weighted by Gasteiger charge is 2.19. The molecule has 20 heavy (non-hydrogen) atoms. The minimum Gasteiger partial charge on any atom is -0.453 e. The molecule has 110 valence electrons. The first-order valence-corrected chi connectivity index (χ1v) is 8.26. The summed E-state index contributed by atoms with van der Waals surface area (Å²) in [4.78, 5) is 22.6. The number of rotatable bonds is 6. The van der Waals surface area contributed by atoms with E-state index >= 15 is 0 Å². The number of methoxy groups -OCH3 is 1. The predicted octanol–water partition coefficient (Wildman–Crippen LogP) is 2.57. The van der Waals surface area contributed by atoms with Crippen LogP contribution in [0.5, 0.6) is 0 Å². The smallest absolute Gasteiger partial charge is 0.413 e. The van der Waals surface area contributed by atoms with E-state index in [9.17, 15) is 9.59 Å². The Kier molecular flexibility index (Phi) is 7.03. The molecule has 0 fully saturated rings. The Morgan fingerprint density at radius 3 is 2.70 bits per heavy atom. The van der Waals surface area contributed by atoms with E-state index in [0.717, 1.165) is 15.7 Å². The zero-order chi connectivity index (χ0) is 15.1. The van der Waals surface area contributed by atoms with Crippen LogP contribution in [0.4, 0.5) is 4.79 Å². The number of alkyl carbamates (subject to hydrolysis) is 1. The lowest BCUT2D eigenvalue weighted by atomic mass is 10.4. The largest absolute Gasteiger partial charge is 0.453 e. The van der Waals surface area contributed by atoms with Crippen molar-refractivity contribution in [3.8, 4) is 0 Å². The van der Waals surface area contributed by atoms with Gasteiger partial charge in [-0.15, -0.1) is 10.2 Å². The van der Waals surface area contributed by atoms with Crippen molar-refractivity contribution >= 4 is 46.9 Å². The molecule has 6 nitrogen and oxygen atoms in total. The van der Waals surface area contributed by atoms with E-state index in [0.29, 0.717) is 4.34 Å². The normalized spacial score (nSPS) is 11.8. The van der Waals surface area contributed by atoms with Crippen molar-refractivity contribution in [1.29, 1.82) is 0 Å². The minimum atomic E-state index is -0.766. The van der Waals surface area contributed by atoms with Gasteiger partial charge in [0.25, 0.3) is 0 Å². The quantitative estimate of drug-likeness (QED) is 0.633. The van der Waals surface area contributed by atoms with Crippen molar-refractivity contribution in [2.45, 2.75) is 27.8 Å². The topological polar surface area (TPSA) is 81.2 Å². The summed E-state index contributed by atoms with van der Waals surface area (Å²) in [6.07, 6.45) is -0.766. The molecule has 0 aliphatic rings. The average Bonchev–Trinajstić information content (AvgIpc) is 2.83. The number of nitrogens with zero attached hydrogens (tertiary/aromatic N) is 2. The molecule has 2 amide bonds. The summed E-state index contributed by atoms with van der Waals surface area (Å²) in [6, 6.07) is 0. The number of carbonyl (C=O) groups is 2. The fraction of sp³-hybridized carbons (Fsp3) is 0.455. The Bertz CT molecular complexity index is 504. The highest BCUT2D eigenvalue weighted by Crippen LogP contribution is 2.31. The van der Waals surface area contributed by atoms with Gasteiger partial charge in [0.15, 0.2) is 8.68 Å². The Morgan fingerprint density at radius 2 is 2.10 bits per heavy atom. The summed E-state index contributed by atoms with van der Waals surface area (Å²) < 4.78 is 5.87. The molecule has 0 radical (unpaired) electrons. The minimum absolute atomic E-state index is 0.423. The van der Waals surface area contributed by atoms with Gasteiger partial charge in [-0.25, -0.2) is 4.79 Å². The SMILES string of the molecule is C=C(C)CSc1nnc(S[C@H](C)C(=O)NC(=O)OC)s1. The van der Waals surface area contributed by atoms with E-state index < -0.39 is 17.3 Å². The number of amides is 2. The first-order chi connectivity index (χ1) is 9.42. The van der Waals surface area contributed by atoms with Crippen LogP contribution in [0.1, 0.15) is 13.8 Å². The number of imide groups is 1. The van der Waals surface area contributed by atoms with Gasteiger partial charge in [-0.3, -0.25) is 10.1 Å². The van der Waals surface area contributed by atoms with Crippen LogP contribution in [0, 0.1) is 0 Å². The standard InChI is InChI=1S/C11H15N3O3S3/c1-6(2)5-18-10-13-14-11(20-10)19-7(3)8(15)12-9(16)17-4/h7H,1,5H2,2-4H3,(H,12,15,16)/t7-/m1/s1. The Balaban J connectivity index is 2.49. The summed E-state index contributed by atoms with van der Waals surface area (Å²) in [5.74, 6) is 0.366. The molecule has 1 aromatic heterocycles. The van der Waals surface area contributed by atoms with Crippen LogP contribution >= 0.6 is 34.9 Å². The monoisotopic (exact) mass is 333 g/mol. The summed E-state index contributed by atoms with van der Waals surface area (Å²) in [5.41, 5.74) is 1.06. The predicted molar refractivity (Wildman–Crippen MR) is 81.3 cm³/mol. The number of hydrogen-bond donors (Lipinski definition) is 1. The summed E-state index contributed by atoms with van der Waals surface area (Å²) >= 11 is 4.22. The van der Waals surface area contributed by atoms with Gasteiger partial charge in [0.05, 0.1) is 12.4 Å². The van der Waals surface area contributed by atoms with Gasteiger partial charge in [-0.2, -0.15) is 0 Å². The Hall–Kier alpha value is -1.06. The van der Waals surface area contributed by atoms with Gasteiger partial charge >= 0.3 is 6.09 Å². The molecule has 0 aliphatic carbocycles. The number of nitrogens with one attached hydrogen (secondary N) is 1. The molecule has 0 aliphatic heterocycles. The van der Waals surface area contributed by atoms with Crippen LogP contribution in [0.3, 0.4) is 0 Å². The van der Waals surface area contributed by atoms with Gasteiger partial charge in [0, 0.05) is 5.75 Å². The fourth-order valence-electron chi connectivity index (χ4n) is 0.946. The van der Waals surface area contributed by atoms with E-state index in [1.807, 2.05) is 6.92 Å². The molecular weight excluding hydrogens is 318 g/mol. The molecule has 0 saturated carbocycles. The molecule has 1 heterocycles.